The molecule has 0 saturated heterocycles. The molecule has 166 valence electrons. The van der Waals surface area contributed by atoms with Crippen molar-refractivity contribution in [2.24, 2.45) is 5.92 Å². The first-order chi connectivity index (χ1) is 14.5. The van der Waals surface area contributed by atoms with E-state index in [0.29, 0.717) is 18.7 Å². The number of likely N-dealkylation sites (N-methyl/N-ethyl adjacent to an activating group) is 1. The molecule has 0 aromatic heterocycles. The summed E-state index contributed by atoms with van der Waals surface area (Å²) < 4.78 is 62.2. The number of anilines is 1. The third-order valence-corrected chi connectivity index (χ3v) is 7.68. The summed E-state index contributed by atoms with van der Waals surface area (Å²) in [5.74, 6) is -3.86. The molecule has 0 unspecified atom stereocenters. The minimum absolute atomic E-state index is 0.0296. The van der Waals surface area contributed by atoms with Crippen LogP contribution < -0.4 is 10.1 Å². The standard InChI is InChI=1S/C21H22F2N2O5S/c1-10(2)4-11-8-24-16-7-17-13(6-18(16)31(28,29)25(11)3)12-5-14(21(26)27)19(22)20(23)15(12)9-30-17/h5-7,10-11,24H,4,8-9H2,1-3H3,(H,26,27)/t11-/m1/s1. The van der Waals surface area contributed by atoms with Crippen molar-refractivity contribution in [3.8, 4) is 16.9 Å². The summed E-state index contributed by atoms with van der Waals surface area (Å²) in [4.78, 5) is 11.3. The SMILES string of the molecule is CC(C)C[C@@H]1CNc2cc3c(cc2S(=O)(=O)N1C)-c1cc(C(=O)O)c(F)c(F)c1CO3. The Balaban J connectivity index is 1.91. The van der Waals surface area contributed by atoms with Gasteiger partial charge in [-0.05, 0) is 30.0 Å². The van der Waals surface area contributed by atoms with Crippen LogP contribution in [0.4, 0.5) is 14.5 Å². The van der Waals surface area contributed by atoms with Crippen LogP contribution in [-0.4, -0.2) is 43.4 Å². The highest BCUT2D eigenvalue weighted by Gasteiger charge is 2.36. The average Bonchev–Trinajstić information content (AvgIpc) is 2.78. The van der Waals surface area contributed by atoms with Gasteiger partial charge >= 0.3 is 5.97 Å². The molecule has 31 heavy (non-hydrogen) atoms. The molecule has 0 fully saturated rings. The number of nitrogens with one attached hydrogen (secondary N) is 1. The molecule has 1 atom stereocenters. The minimum atomic E-state index is -3.90. The maximum atomic E-state index is 14.5. The van der Waals surface area contributed by atoms with E-state index in [-0.39, 0.29) is 45.9 Å². The molecular weight excluding hydrogens is 430 g/mol. The van der Waals surface area contributed by atoms with Crippen molar-refractivity contribution in [2.75, 3.05) is 18.9 Å². The molecule has 7 nitrogen and oxygen atoms in total. The number of carboxylic acid groups (broad SMARTS) is 1. The lowest BCUT2D eigenvalue weighted by atomic mass is 9.93. The van der Waals surface area contributed by atoms with Gasteiger partial charge in [0.05, 0.1) is 11.3 Å². The van der Waals surface area contributed by atoms with Gasteiger partial charge in [0.1, 0.15) is 17.3 Å². The predicted octanol–water partition coefficient (Wildman–Crippen LogP) is 3.68. The number of aromatic carboxylic acids is 1. The number of hydrogen-bond donors (Lipinski definition) is 2. The summed E-state index contributed by atoms with van der Waals surface area (Å²) in [5.41, 5.74) is -0.334. The van der Waals surface area contributed by atoms with Crippen LogP contribution in [0.3, 0.4) is 0 Å². The third-order valence-electron chi connectivity index (χ3n) is 5.73. The van der Waals surface area contributed by atoms with E-state index < -0.39 is 33.2 Å². The number of nitrogens with zero attached hydrogens (tertiary/aromatic N) is 1. The number of ether oxygens (including phenoxy) is 1. The first-order valence-corrected chi connectivity index (χ1v) is 11.2. The number of benzene rings is 2. The molecule has 0 radical (unpaired) electrons. The van der Waals surface area contributed by atoms with E-state index in [9.17, 15) is 27.1 Å². The fourth-order valence-electron chi connectivity index (χ4n) is 4.08. The second-order valence-electron chi connectivity index (χ2n) is 8.20. The van der Waals surface area contributed by atoms with Crippen molar-refractivity contribution in [3.63, 3.8) is 0 Å². The molecule has 0 saturated carbocycles. The van der Waals surface area contributed by atoms with Crippen LogP contribution in [0.5, 0.6) is 5.75 Å². The van der Waals surface area contributed by atoms with Crippen LogP contribution >= 0.6 is 0 Å². The molecule has 2 heterocycles. The maximum absolute atomic E-state index is 14.5. The number of carboxylic acids is 1. The first kappa shape index (κ1) is 21.5. The fourth-order valence-corrected chi connectivity index (χ4v) is 5.61. The molecule has 2 aromatic carbocycles. The highest BCUT2D eigenvalue weighted by molar-refractivity contribution is 7.89. The number of rotatable bonds is 3. The minimum Gasteiger partial charge on any atom is -0.488 e. The monoisotopic (exact) mass is 452 g/mol. The molecule has 0 aliphatic carbocycles. The summed E-state index contributed by atoms with van der Waals surface area (Å²) >= 11 is 0. The Morgan fingerprint density at radius 3 is 2.61 bits per heavy atom. The molecule has 4 rings (SSSR count). The number of fused-ring (bicyclic) bond motifs is 4. The highest BCUT2D eigenvalue weighted by atomic mass is 32.2. The van der Waals surface area contributed by atoms with Crippen LogP contribution in [0.15, 0.2) is 23.1 Å². The number of hydrogen-bond acceptors (Lipinski definition) is 5. The Bertz CT molecular complexity index is 1200. The third kappa shape index (κ3) is 3.43. The smallest absolute Gasteiger partial charge is 0.338 e. The van der Waals surface area contributed by atoms with E-state index in [2.05, 4.69) is 5.32 Å². The van der Waals surface area contributed by atoms with Gasteiger partial charge in [0.2, 0.25) is 10.0 Å². The van der Waals surface area contributed by atoms with Crippen LogP contribution in [0, 0.1) is 17.6 Å². The van der Waals surface area contributed by atoms with Gasteiger partial charge in [0.25, 0.3) is 0 Å². The zero-order chi connectivity index (χ0) is 22.7. The molecule has 0 spiro atoms. The van der Waals surface area contributed by atoms with Gasteiger partial charge in [-0.3, -0.25) is 0 Å². The van der Waals surface area contributed by atoms with E-state index in [1.165, 1.54) is 23.5 Å². The summed E-state index contributed by atoms with van der Waals surface area (Å²) in [6.45, 7) is 4.12. The number of carbonyl (C=O) groups is 1. The average molecular weight is 452 g/mol. The maximum Gasteiger partial charge on any atom is 0.338 e. The van der Waals surface area contributed by atoms with Crippen molar-refractivity contribution in [3.05, 3.63) is 41.0 Å². The zero-order valence-electron chi connectivity index (χ0n) is 17.2. The predicted molar refractivity (Wildman–Crippen MR) is 110 cm³/mol. The Morgan fingerprint density at radius 1 is 1.26 bits per heavy atom. The lowest BCUT2D eigenvalue weighted by Gasteiger charge is -2.26. The Hall–Kier alpha value is -2.72. The highest BCUT2D eigenvalue weighted by Crippen LogP contribution is 2.45. The quantitative estimate of drug-likeness (QED) is 0.738. The lowest BCUT2D eigenvalue weighted by Crippen LogP contribution is -2.39. The number of halogens is 2. The molecule has 2 aliphatic rings. The van der Waals surface area contributed by atoms with E-state index in [4.69, 9.17) is 4.74 Å². The molecule has 10 heteroatoms. The molecule has 2 aliphatic heterocycles. The van der Waals surface area contributed by atoms with Gasteiger partial charge in [0.15, 0.2) is 11.6 Å². The van der Waals surface area contributed by atoms with Crippen LogP contribution in [0.1, 0.15) is 36.2 Å². The van der Waals surface area contributed by atoms with Gasteiger partial charge < -0.3 is 15.2 Å². The summed E-state index contributed by atoms with van der Waals surface area (Å²) in [7, 11) is -2.39. The van der Waals surface area contributed by atoms with Gasteiger partial charge in [-0.15, -0.1) is 0 Å². The molecular formula is C21H22F2N2O5S. The van der Waals surface area contributed by atoms with Gasteiger partial charge in [-0.1, -0.05) is 13.8 Å². The van der Waals surface area contributed by atoms with E-state index in [1.807, 2.05) is 13.8 Å². The van der Waals surface area contributed by atoms with Crippen molar-refractivity contribution in [1.29, 1.82) is 0 Å². The zero-order valence-corrected chi connectivity index (χ0v) is 18.0. The molecule has 0 bridgehead atoms. The second kappa shape index (κ2) is 7.45. The summed E-state index contributed by atoms with van der Waals surface area (Å²) in [5, 5.41) is 12.4. The topological polar surface area (TPSA) is 95.9 Å². The Kier molecular flexibility index (Phi) is 5.17. The van der Waals surface area contributed by atoms with Crippen molar-refractivity contribution >= 4 is 21.7 Å². The van der Waals surface area contributed by atoms with Gasteiger partial charge in [0, 0.05) is 36.8 Å². The second-order valence-corrected chi connectivity index (χ2v) is 10.2. The first-order valence-electron chi connectivity index (χ1n) is 9.79. The van der Waals surface area contributed by atoms with Crippen LogP contribution in [-0.2, 0) is 16.6 Å². The molecule has 0 amide bonds. The molecule has 2 aromatic rings. The fraction of sp³-hybridized carbons (Fsp3) is 0.381. The van der Waals surface area contributed by atoms with Crippen molar-refractivity contribution < 1.29 is 31.8 Å². The Labute approximate surface area is 178 Å². The largest absolute Gasteiger partial charge is 0.488 e. The Morgan fingerprint density at radius 2 is 1.97 bits per heavy atom. The van der Waals surface area contributed by atoms with Crippen LogP contribution in [0.25, 0.3) is 11.1 Å². The summed E-state index contributed by atoms with van der Waals surface area (Å²) in [6, 6.07) is 3.60. The van der Waals surface area contributed by atoms with Crippen molar-refractivity contribution in [1.82, 2.24) is 4.31 Å². The van der Waals surface area contributed by atoms with Gasteiger partial charge in [-0.25, -0.2) is 22.0 Å². The lowest BCUT2D eigenvalue weighted by molar-refractivity contribution is 0.0690. The summed E-state index contributed by atoms with van der Waals surface area (Å²) in [6.07, 6.45) is 0.655. The van der Waals surface area contributed by atoms with E-state index in [1.54, 1.807) is 0 Å². The van der Waals surface area contributed by atoms with Crippen LogP contribution in [0.2, 0.25) is 0 Å². The molecule has 2 N–H and O–H groups in total. The van der Waals surface area contributed by atoms with Gasteiger partial charge in [-0.2, -0.15) is 4.31 Å². The number of sulfonamides is 1. The van der Waals surface area contributed by atoms with Crippen molar-refractivity contribution in [2.45, 2.75) is 37.8 Å². The normalized spacial score (nSPS) is 19.5. The van der Waals surface area contributed by atoms with E-state index >= 15 is 0 Å². The van der Waals surface area contributed by atoms with E-state index in [0.717, 1.165) is 6.07 Å².